The van der Waals surface area contributed by atoms with Gasteiger partial charge in [-0.05, 0) is 39.5 Å². The van der Waals surface area contributed by atoms with Crippen LogP contribution < -0.4 is 0 Å². The first-order valence-electron chi connectivity index (χ1n) is 6.15. The average Bonchev–Trinajstić information content (AvgIpc) is 2.24. The summed E-state index contributed by atoms with van der Waals surface area (Å²) >= 11 is 0. The van der Waals surface area contributed by atoms with Crippen LogP contribution in [0.4, 0.5) is 13.6 Å². The van der Waals surface area contributed by atoms with Crippen molar-refractivity contribution in [1.29, 1.82) is 0 Å². The van der Waals surface area contributed by atoms with Crippen LogP contribution in [0.1, 0.15) is 33.6 Å². The zero-order valence-electron chi connectivity index (χ0n) is 11.1. The zero-order chi connectivity index (χ0) is 13.8. The molecule has 0 atom stereocenters. The normalized spacial score (nSPS) is 18.2. The number of carbonyl (C=O) groups excluding carboxylic acids is 1. The van der Waals surface area contributed by atoms with E-state index in [2.05, 4.69) is 4.74 Å². The fraction of sp³-hybridized carbons (Fsp3) is 0.917. The Morgan fingerprint density at radius 3 is 2.33 bits per heavy atom. The van der Waals surface area contributed by atoms with Crippen LogP contribution in [0.15, 0.2) is 0 Å². The molecule has 0 aliphatic carbocycles. The second-order valence-corrected chi connectivity index (χ2v) is 5.50. The van der Waals surface area contributed by atoms with Gasteiger partial charge in [0, 0.05) is 13.1 Å². The lowest BCUT2D eigenvalue weighted by Crippen LogP contribution is -2.42. The van der Waals surface area contributed by atoms with Crippen LogP contribution in [0, 0.1) is 5.92 Å². The maximum Gasteiger partial charge on any atom is 0.410 e. The van der Waals surface area contributed by atoms with Crippen molar-refractivity contribution < 1.29 is 23.0 Å². The van der Waals surface area contributed by atoms with Crippen LogP contribution in [0.5, 0.6) is 0 Å². The van der Waals surface area contributed by atoms with Crippen molar-refractivity contribution in [2.24, 2.45) is 5.92 Å². The monoisotopic (exact) mass is 265 g/mol. The van der Waals surface area contributed by atoms with Crippen LogP contribution in [0.3, 0.4) is 0 Å². The summed E-state index contributed by atoms with van der Waals surface area (Å²) in [5.41, 5.74) is -0.507. The summed E-state index contributed by atoms with van der Waals surface area (Å²) in [4.78, 5) is 13.4. The van der Waals surface area contributed by atoms with Gasteiger partial charge in [0.1, 0.15) is 5.60 Å². The molecular formula is C12H21F2NO3. The summed E-state index contributed by atoms with van der Waals surface area (Å²) in [6.07, 6.45) is 1.01. The highest BCUT2D eigenvalue weighted by atomic mass is 19.3. The number of hydrogen-bond acceptors (Lipinski definition) is 3. The number of alkyl halides is 2. The van der Waals surface area contributed by atoms with Gasteiger partial charge in [-0.1, -0.05) is 0 Å². The smallest absolute Gasteiger partial charge is 0.410 e. The van der Waals surface area contributed by atoms with Gasteiger partial charge in [0.25, 0.3) is 0 Å². The van der Waals surface area contributed by atoms with E-state index >= 15 is 0 Å². The lowest BCUT2D eigenvalue weighted by molar-refractivity contribution is -0.141. The first-order valence-corrected chi connectivity index (χ1v) is 6.15. The van der Waals surface area contributed by atoms with Gasteiger partial charge in [-0.2, -0.15) is 8.78 Å². The summed E-state index contributed by atoms with van der Waals surface area (Å²) in [6.45, 7) is 3.85. The van der Waals surface area contributed by atoms with Crippen molar-refractivity contribution in [2.45, 2.75) is 45.8 Å². The minimum absolute atomic E-state index is 0.0554. The third kappa shape index (κ3) is 5.62. The van der Waals surface area contributed by atoms with Crippen molar-refractivity contribution in [3.63, 3.8) is 0 Å². The number of ether oxygens (including phenoxy) is 2. The molecule has 0 bridgehead atoms. The Balaban J connectivity index is 2.28. The molecule has 0 spiro atoms. The van der Waals surface area contributed by atoms with E-state index in [1.54, 1.807) is 4.90 Å². The molecule has 0 unspecified atom stereocenters. The van der Waals surface area contributed by atoms with Crippen molar-refractivity contribution in [2.75, 3.05) is 19.7 Å². The highest BCUT2D eigenvalue weighted by Crippen LogP contribution is 2.20. The molecule has 18 heavy (non-hydrogen) atoms. The molecule has 106 valence electrons. The number of amides is 1. The predicted molar refractivity (Wildman–Crippen MR) is 62.5 cm³/mol. The Labute approximate surface area is 106 Å². The highest BCUT2D eigenvalue weighted by Gasteiger charge is 2.27. The number of carbonyl (C=O) groups is 1. The molecule has 1 aliphatic rings. The van der Waals surface area contributed by atoms with E-state index in [0.29, 0.717) is 25.9 Å². The number of likely N-dealkylation sites (tertiary alicyclic amines) is 1. The second kappa shape index (κ2) is 6.31. The Morgan fingerprint density at radius 2 is 1.89 bits per heavy atom. The minimum atomic E-state index is -2.71. The molecule has 0 saturated carbocycles. The Kier molecular flexibility index (Phi) is 5.31. The summed E-state index contributed by atoms with van der Waals surface area (Å²) in [6, 6.07) is 0. The molecule has 1 aliphatic heterocycles. The van der Waals surface area contributed by atoms with E-state index in [4.69, 9.17) is 4.74 Å². The lowest BCUT2D eigenvalue weighted by atomic mass is 9.98. The van der Waals surface area contributed by atoms with Crippen molar-refractivity contribution in [3.8, 4) is 0 Å². The Morgan fingerprint density at radius 1 is 1.33 bits per heavy atom. The molecule has 1 saturated heterocycles. The van der Waals surface area contributed by atoms with Crippen molar-refractivity contribution in [3.05, 3.63) is 0 Å². The molecule has 0 N–H and O–H groups in total. The average molecular weight is 265 g/mol. The SMILES string of the molecule is CC(C)(C)OC(=O)N1CCC(COC(F)F)CC1. The van der Waals surface area contributed by atoms with Gasteiger partial charge in [-0.15, -0.1) is 0 Å². The highest BCUT2D eigenvalue weighted by molar-refractivity contribution is 5.68. The zero-order valence-corrected chi connectivity index (χ0v) is 11.1. The van der Waals surface area contributed by atoms with Gasteiger partial charge < -0.3 is 14.4 Å². The van der Waals surface area contributed by atoms with E-state index in [9.17, 15) is 13.6 Å². The van der Waals surface area contributed by atoms with Gasteiger partial charge in [-0.25, -0.2) is 4.79 Å². The number of hydrogen-bond donors (Lipinski definition) is 0. The van der Waals surface area contributed by atoms with Gasteiger partial charge in [0.15, 0.2) is 0 Å². The standard InChI is InChI=1S/C12H21F2NO3/c1-12(2,3)18-11(16)15-6-4-9(5-7-15)8-17-10(13)14/h9-10H,4-8H2,1-3H3. The first kappa shape index (κ1) is 15.1. The maximum atomic E-state index is 11.9. The summed E-state index contributed by atoms with van der Waals surface area (Å²) in [7, 11) is 0. The third-order valence-electron chi connectivity index (χ3n) is 2.72. The molecule has 1 rings (SSSR count). The van der Waals surface area contributed by atoms with Gasteiger partial charge in [-0.3, -0.25) is 0 Å². The molecule has 1 fully saturated rings. The Bertz CT molecular complexity index is 271. The molecule has 0 aromatic heterocycles. The maximum absolute atomic E-state index is 11.9. The number of halogens is 2. The first-order chi connectivity index (χ1) is 8.28. The van der Waals surface area contributed by atoms with Crippen LogP contribution in [0.2, 0.25) is 0 Å². The van der Waals surface area contributed by atoms with E-state index in [1.807, 2.05) is 20.8 Å². The summed E-state index contributed by atoms with van der Waals surface area (Å²) < 4.78 is 33.3. The number of rotatable bonds is 3. The van der Waals surface area contributed by atoms with E-state index in [0.717, 1.165) is 0 Å². The fourth-order valence-corrected chi connectivity index (χ4v) is 1.82. The third-order valence-corrected chi connectivity index (χ3v) is 2.72. The molecule has 1 amide bonds. The predicted octanol–water partition coefficient (Wildman–Crippen LogP) is 2.87. The molecule has 0 aromatic carbocycles. The number of nitrogens with zero attached hydrogens (tertiary/aromatic N) is 1. The second-order valence-electron chi connectivity index (χ2n) is 5.50. The van der Waals surface area contributed by atoms with Crippen molar-refractivity contribution >= 4 is 6.09 Å². The molecule has 0 aromatic rings. The van der Waals surface area contributed by atoms with Gasteiger partial charge in [0.05, 0.1) is 6.61 Å². The quantitative estimate of drug-likeness (QED) is 0.787. The molecule has 6 heteroatoms. The van der Waals surface area contributed by atoms with Crippen LogP contribution in [-0.2, 0) is 9.47 Å². The van der Waals surface area contributed by atoms with Gasteiger partial charge >= 0.3 is 12.7 Å². The van der Waals surface area contributed by atoms with Crippen LogP contribution in [-0.4, -0.2) is 42.9 Å². The van der Waals surface area contributed by atoms with Crippen LogP contribution in [0.25, 0.3) is 0 Å². The lowest BCUT2D eigenvalue weighted by Gasteiger charge is -2.33. The van der Waals surface area contributed by atoms with E-state index in [-0.39, 0.29) is 18.6 Å². The molecule has 1 heterocycles. The van der Waals surface area contributed by atoms with E-state index < -0.39 is 12.2 Å². The summed E-state index contributed by atoms with van der Waals surface area (Å²) in [5, 5.41) is 0. The number of piperidine rings is 1. The topological polar surface area (TPSA) is 38.8 Å². The molecular weight excluding hydrogens is 244 g/mol. The van der Waals surface area contributed by atoms with Crippen LogP contribution >= 0.6 is 0 Å². The molecule has 4 nitrogen and oxygen atoms in total. The minimum Gasteiger partial charge on any atom is -0.444 e. The van der Waals surface area contributed by atoms with E-state index in [1.165, 1.54) is 0 Å². The molecule has 0 radical (unpaired) electrons. The fourth-order valence-electron chi connectivity index (χ4n) is 1.82. The summed E-state index contributed by atoms with van der Waals surface area (Å²) in [5.74, 6) is 0.0951. The van der Waals surface area contributed by atoms with Crippen molar-refractivity contribution in [1.82, 2.24) is 4.90 Å². The van der Waals surface area contributed by atoms with Gasteiger partial charge in [0.2, 0.25) is 0 Å². The Hall–Kier alpha value is -0.910. The largest absolute Gasteiger partial charge is 0.444 e.